The lowest BCUT2D eigenvalue weighted by Crippen LogP contribution is -2.34. The Labute approximate surface area is 87.7 Å². The average Bonchev–Trinajstić information content (AvgIpc) is 2.77. The van der Waals surface area contributed by atoms with Crippen LogP contribution in [0.4, 0.5) is 0 Å². The van der Waals surface area contributed by atoms with E-state index in [4.69, 9.17) is 4.74 Å². The van der Waals surface area contributed by atoms with Crippen molar-refractivity contribution in [2.45, 2.75) is 6.04 Å². The van der Waals surface area contributed by atoms with Crippen molar-refractivity contribution in [3.05, 3.63) is 30.1 Å². The van der Waals surface area contributed by atoms with E-state index in [-0.39, 0.29) is 0 Å². The Morgan fingerprint density at radius 1 is 1.40 bits per heavy atom. The number of hydrogen-bond donors (Lipinski definition) is 2. The zero-order chi connectivity index (χ0) is 10.1. The number of fused-ring (bicyclic) bond motifs is 1. The van der Waals surface area contributed by atoms with E-state index in [0.29, 0.717) is 6.04 Å². The van der Waals surface area contributed by atoms with Crippen LogP contribution in [0, 0.1) is 0 Å². The smallest absolute Gasteiger partial charge is 0.0931 e. The third-order valence-corrected chi connectivity index (χ3v) is 2.77. The molecule has 0 amide bonds. The van der Waals surface area contributed by atoms with Crippen LogP contribution in [0.1, 0.15) is 11.6 Å². The van der Waals surface area contributed by atoms with E-state index in [1.165, 1.54) is 5.56 Å². The lowest BCUT2D eigenvalue weighted by molar-refractivity contribution is 0.0769. The lowest BCUT2D eigenvalue weighted by atomic mass is 10.1. The standard InChI is InChI=1S/C11H13N3O/c1-2-9-10(14-7-13-9)5-8(1)11-6-15-4-3-12-11/h1-2,5,7,11-12H,3-4,6H2,(H,13,14). The molecule has 1 atom stereocenters. The predicted molar refractivity (Wildman–Crippen MR) is 57.7 cm³/mol. The molecule has 1 aromatic carbocycles. The molecule has 1 aliphatic rings. The first kappa shape index (κ1) is 8.88. The highest BCUT2D eigenvalue weighted by Crippen LogP contribution is 2.19. The lowest BCUT2D eigenvalue weighted by Gasteiger charge is -2.24. The molecule has 1 unspecified atom stereocenters. The second kappa shape index (κ2) is 3.64. The van der Waals surface area contributed by atoms with E-state index in [0.717, 1.165) is 30.8 Å². The van der Waals surface area contributed by atoms with Crippen LogP contribution in [0.3, 0.4) is 0 Å². The van der Waals surface area contributed by atoms with Gasteiger partial charge < -0.3 is 15.0 Å². The van der Waals surface area contributed by atoms with Gasteiger partial charge in [-0.05, 0) is 17.7 Å². The fourth-order valence-electron chi connectivity index (χ4n) is 1.95. The molecule has 2 heterocycles. The minimum atomic E-state index is 0.312. The van der Waals surface area contributed by atoms with Crippen molar-refractivity contribution >= 4 is 11.0 Å². The van der Waals surface area contributed by atoms with Crippen molar-refractivity contribution < 1.29 is 4.74 Å². The summed E-state index contributed by atoms with van der Waals surface area (Å²) in [5, 5.41) is 3.43. The maximum atomic E-state index is 5.44. The van der Waals surface area contributed by atoms with Crippen LogP contribution in [0.15, 0.2) is 24.5 Å². The number of imidazole rings is 1. The van der Waals surface area contributed by atoms with Crippen LogP contribution in [-0.4, -0.2) is 29.7 Å². The minimum absolute atomic E-state index is 0.312. The predicted octanol–water partition coefficient (Wildman–Crippen LogP) is 1.22. The Kier molecular flexibility index (Phi) is 2.16. The summed E-state index contributed by atoms with van der Waals surface area (Å²) in [7, 11) is 0. The number of benzene rings is 1. The van der Waals surface area contributed by atoms with E-state index >= 15 is 0 Å². The molecule has 1 fully saturated rings. The third-order valence-electron chi connectivity index (χ3n) is 2.77. The molecule has 0 bridgehead atoms. The van der Waals surface area contributed by atoms with Gasteiger partial charge in [-0.2, -0.15) is 0 Å². The average molecular weight is 203 g/mol. The summed E-state index contributed by atoms with van der Waals surface area (Å²) in [6, 6.07) is 6.59. The molecular formula is C11H13N3O. The molecule has 4 nitrogen and oxygen atoms in total. The summed E-state index contributed by atoms with van der Waals surface area (Å²) in [4.78, 5) is 7.32. The molecule has 0 saturated carbocycles. The molecule has 4 heteroatoms. The second-order valence-electron chi connectivity index (χ2n) is 3.76. The Hall–Kier alpha value is -1.39. The van der Waals surface area contributed by atoms with Crippen LogP contribution < -0.4 is 5.32 Å². The zero-order valence-electron chi connectivity index (χ0n) is 8.36. The zero-order valence-corrected chi connectivity index (χ0v) is 8.36. The first-order chi connectivity index (χ1) is 7.43. The molecule has 1 aromatic heterocycles. The highest BCUT2D eigenvalue weighted by Gasteiger charge is 2.15. The van der Waals surface area contributed by atoms with E-state index in [2.05, 4.69) is 27.4 Å². The number of hydrogen-bond acceptors (Lipinski definition) is 3. The summed E-state index contributed by atoms with van der Waals surface area (Å²) in [6.07, 6.45) is 1.72. The van der Waals surface area contributed by atoms with Crippen molar-refractivity contribution in [2.24, 2.45) is 0 Å². The summed E-state index contributed by atoms with van der Waals surface area (Å²) in [6.45, 7) is 2.48. The van der Waals surface area contributed by atoms with Crippen LogP contribution in [0.25, 0.3) is 11.0 Å². The largest absolute Gasteiger partial charge is 0.378 e. The highest BCUT2D eigenvalue weighted by molar-refractivity contribution is 5.75. The van der Waals surface area contributed by atoms with Gasteiger partial charge in [-0.1, -0.05) is 6.07 Å². The van der Waals surface area contributed by atoms with Gasteiger partial charge in [0.2, 0.25) is 0 Å². The Morgan fingerprint density at radius 3 is 3.27 bits per heavy atom. The normalized spacial score (nSPS) is 22.0. The van der Waals surface area contributed by atoms with Crippen molar-refractivity contribution in [1.82, 2.24) is 15.3 Å². The van der Waals surface area contributed by atoms with Gasteiger partial charge in [0.15, 0.2) is 0 Å². The molecule has 1 aliphatic heterocycles. The molecule has 2 N–H and O–H groups in total. The summed E-state index contributed by atoms with van der Waals surface area (Å²) in [5.41, 5.74) is 3.35. The third kappa shape index (κ3) is 1.62. The number of H-pyrrole nitrogens is 1. The Morgan fingerprint density at radius 2 is 2.40 bits per heavy atom. The first-order valence-electron chi connectivity index (χ1n) is 5.18. The van der Waals surface area contributed by atoms with Crippen molar-refractivity contribution in [2.75, 3.05) is 19.8 Å². The monoisotopic (exact) mass is 203 g/mol. The van der Waals surface area contributed by atoms with Gasteiger partial charge in [0.25, 0.3) is 0 Å². The maximum Gasteiger partial charge on any atom is 0.0931 e. The minimum Gasteiger partial charge on any atom is -0.378 e. The van der Waals surface area contributed by atoms with Gasteiger partial charge in [-0.15, -0.1) is 0 Å². The molecule has 0 radical (unpaired) electrons. The fourth-order valence-corrected chi connectivity index (χ4v) is 1.95. The van der Waals surface area contributed by atoms with Crippen molar-refractivity contribution in [3.63, 3.8) is 0 Å². The molecule has 78 valence electrons. The topological polar surface area (TPSA) is 49.9 Å². The number of aromatic amines is 1. The molecule has 2 aromatic rings. The van der Waals surface area contributed by atoms with Crippen LogP contribution in [0.5, 0.6) is 0 Å². The van der Waals surface area contributed by atoms with E-state index in [1.54, 1.807) is 6.33 Å². The van der Waals surface area contributed by atoms with Gasteiger partial charge in [0.1, 0.15) is 0 Å². The van der Waals surface area contributed by atoms with Gasteiger partial charge in [0.05, 0.1) is 36.6 Å². The van der Waals surface area contributed by atoms with Crippen LogP contribution in [-0.2, 0) is 4.74 Å². The SMILES string of the molecule is c1nc2ccc(C3COCCN3)cc2[nH]1. The van der Waals surface area contributed by atoms with Gasteiger partial charge >= 0.3 is 0 Å². The number of rotatable bonds is 1. The van der Waals surface area contributed by atoms with Crippen molar-refractivity contribution in [1.29, 1.82) is 0 Å². The quantitative estimate of drug-likeness (QED) is 0.732. The summed E-state index contributed by atoms with van der Waals surface area (Å²) in [5.74, 6) is 0. The number of morpholine rings is 1. The molecule has 15 heavy (non-hydrogen) atoms. The summed E-state index contributed by atoms with van der Waals surface area (Å²) < 4.78 is 5.44. The molecular weight excluding hydrogens is 190 g/mol. The van der Waals surface area contributed by atoms with Gasteiger partial charge in [-0.25, -0.2) is 4.98 Å². The summed E-state index contributed by atoms with van der Waals surface area (Å²) >= 11 is 0. The van der Waals surface area contributed by atoms with Crippen LogP contribution >= 0.6 is 0 Å². The highest BCUT2D eigenvalue weighted by atomic mass is 16.5. The van der Waals surface area contributed by atoms with Crippen molar-refractivity contribution in [3.8, 4) is 0 Å². The number of nitrogens with one attached hydrogen (secondary N) is 2. The van der Waals surface area contributed by atoms with E-state index < -0.39 is 0 Å². The number of aromatic nitrogens is 2. The molecule has 1 saturated heterocycles. The van der Waals surface area contributed by atoms with E-state index in [1.807, 2.05) is 6.07 Å². The molecule has 0 aliphatic carbocycles. The molecule has 3 rings (SSSR count). The van der Waals surface area contributed by atoms with Crippen LogP contribution in [0.2, 0.25) is 0 Å². The Balaban J connectivity index is 1.95. The maximum absolute atomic E-state index is 5.44. The second-order valence-corrected chi connectivity index (χ2v) is 3.76. The number of nitrogens with zero attached hydrogens (tertiary/aromatic N) is 1. The van der Waals surface area contributed by atoms with Gasteiger partial charge in [0, 0.05) is 6.54 Å². The number of ether oxygens (including phenoxy) is 1. The molecule has 0 spiro atoms. The Bertz CT molecular complexity index is 460. The van der Waals surface area contributed by atoms with Gasteiger partial charge in [-0.3, -0.25) is 0 Å². The first-order valence-corrected chi connectivity index (χ1v) is 5.18. The fraction of sp³-hybridized carbons (Fsp3) is 0.364. The van der Waals surface area contributed by atoms with E-state index in [9.17, 15) is 0 Å².